The average Bonchev–Trinajstić information content (AvgIpc) is 3.28. The highest BCUT2D eigenvalue weighted by atomic mass is 35.5. The molecule has 0 aliphatic rings. The van der Waals surface area contributed by atoms with Gasteiger partial charge in [-0.25, -0.2) is 4.98 Å². The molecule has 0 fully saturated rings. The van der Waals surface area contributed by atoms with Gasteiger partial charge in [0.05, 0.1) is 30.7 Å². The van der Waals surface area contributed by atoms with Crippen LogP contribution in [0, 0.1) is 6.92 Å². The van der Waals surface area contributed by atoms with E-state index in [4.69, 9.17) is 27.9 Å². The molecule has 0 saturated heterocycles. The van der Waals surface area contributed by atoms with Crippen molar-refractivity contribution in [3.63, 3.8) is 0 Å². The minimum absolute atomic E-state index is 0.323. The number of rotatable bonds is 9. The number of alkyl halides is 1. The Balaban J connectivity index is 1.62. The molecular formula is C25H26Cl2N4O3. The maximum Gasteiger partial charge on any atom is 0.262 e. The number of nitrogens with one attached hydrogen (secondary N) is 2. The van der Waals surface area contributed by atoms with Gasteiger partial charge in [0.15, 0.2) is 0 Å². The number of carbonyl (C=O) groups is 2. The number of aromatic nitrogens is 2. The number of hydrogen-bond acceptors (Lipinski definition) is 4. The molecule has 178 valence electrons. The fourth-order valence-corrected chi connectivity index (χ4v) is 3.69. The zero-order chi connectivity index (χ0) is 24.5. The number of ether oxygens (including phenoxy) is 1. The molecule has 0 saturated carbocycles. The fraction of sp³-hybridized carbons (Fsp3) is 0.240. The Kier molecular flexibility index (Phi) is 9.13. The lowest BCUT2D eigenvalue weighted by molar-refractivity contribution is -0.127. The molecule has 34 heavy (non-hydrogen) atoms. The molecule has 1 unspecified atom stereocenters. The summed E-state index contributed by atoms with van der Waals surface area (Å²) in [5.74, 6) is -0.165. The molecule has 2 amide bonds. The number of hydrogen-bond donors (Lipinski definition) is 2. The average molecular weight is 501 g/mol. The van der Waals surface area contributed by atoms with E-state index in [0.29, 0.717) is 29.5 Å². The topological polar surface area (TPSA) is 85.3 Å². The molecule has 3 aromatic rings. The number of aryl methyl sites for hydroxylation is 1. The third-order valence-electron chi connectivity index (χ3n) is 5.14. The number of amides is 2. The summed E-state index contributed by atoms with van der Waals surface area (Å²) < 4.78 is 7.35. The summed E-state index contributed by atoms with van der Waals surface area (Å²) in [5, 5.41) is 0.587. The van der Waals surface area contributed by atoms with Gasteiger partial charge < -0.3 is 9.30 Å². The van der Waals surface area contributed by atoms with E-state index in [2.05, 4.69) is 15.8 Å². The monoisotopic (exact) mass is 500 g/mol. The second-order valence-corrected chi connectivity index (χ2v) is 8.42. The van der Waals surface area contributed by atoms with Gasteiger partial charge in [-0.2, -0.15) is 0 Å². The Morgan fingerprint density at radius 3 is 2.59 bits per heavy atom. The fourth-order valence-electron chi connectivity index (χ4n) is 3.41. The minimum Gasteiger partial charge on any atom is -0.495 e. The maximum atomic E-state index is 12.7. The Morgan fingerprint density at radius 2 is 1.94 bits per heavy atom. The van der Waals surface area contributed by atoms with E-state index in [-0.39, 0.29) is 5.91 Å². The molecule has 3 rings (SSSR count). The van der Waals surface area contributed by atoms with Gasteiger partial charge in [-0.3, -0.25) is 20.4 Å². The van der Waals surface area contributed by atoms with Crippen molar-refractivity contribution in [2.45, 2.75) is 25.7 Å². The zero-order valence-corrected chi connectivity index (χ0v) is 20.4. The Morgan fingerprint density at radius 1 is 1.18 bits per heavy atom. The van der Waals surface area contributed by atoms with E-state index in [1.807, 2.05) is 35.9 Å². The molecule has 1 heterocycles. The van der Waals surface area contributed by atoms with Crippen LogP contribution in [-0.2, 0) is 9.59 Å². The number of nitrogens with zero attached hydrogens (tertiary/aromatic N) is 2. The number of imidazole rings is 1. The number of methoxy groups -OCH3 is 1. The molecule has 9 heteroatoms. The van der Waals surface area contributed by atoms with Crippen LogP contribution in [0.15, 0.2) is 61.1 Å². The number of benzene rings is 2. The summed E-state index contributed by atoms with van der Waals surface area (Å²) >= 11 is 11.8. The van der Waals surface area contributed by atoms with Gasteiger partial charge >= 0.3 is 0 Å². The highest BCUT2D eigenvalue weighted by Gasteiger charge is 2.20. The molecule has 2 aromatic carbocycles. The van der Waals surface area contributed by atoms with E-state index >= 15 is 0 Å². The second-order valence-electron chi connectivity index (χ2n) is 7.60. The second kappa shape index (κ2) is 12.3. The lowest BCUT2D eigenvalue weighted by atomic mass is 9.94. The van der Waals surface area contributed by atoms with Crippen molar-refractivity contribution in [2.75, 3.05) is 13.0 Å². The first-order valence-corrected chi connectivity index (χ1v) is 11.6. The van der Waals surface area contributed by atoms with E-state index in [0.717, 1.165) is 22.5 Å². The highest BCUT2D eigenvalue weighted by Crippen LogP contribution is 2.25. The summed E-state index contributed by atoms with van der Waals surface area (Å²) in [5.41, 5.74) is 8.22. The Bertz CT molecular complexity index is 1160. The highest BCUT2D eigenvalue weighted by molar-refractivity contribution is 6.30. The van der Waals surface area contributed by atoms with Crippen LogP contribution in [0.3, 0.4) is 0 Å². The maximum absolute atomic E-state index is 12.7. The Labute approximate surface area is 208 Å². The van der Waals surface area contributed by atoms with Crippen LogP contribution in [0.2, 0.25) is 5.02 Å². The van der Waals surface area contributed by atoms with Crippen molar-refractivity contribution in [3.05, 3.63) is 82.9 Å². The quantitative estimate of drug-likeness (QED) is 0.251. The summed E-state index contributed by atoms with van der Waals surface area (Å²) in [6.07, 6.45) is 7.79. The van der Waals surface area contributed by atoms with Crippen molar-refractivity contribution in [3.8, 4) is 11.4 Å². The van der Waals surface area contributed by atoms with E-state index in [1.54, 1.807) is 43.8 Å². The normalized spacial score (nSPS) is 11.9. The predicted molar refractivity (Wildman–Crippen MR) is 134 cm³/mol. The summed E-state index contributed by atoms with van der Waals surface area (Å²) in [7, 11) is 1.58. The molecule has 1 atom stereocenters. The zero-order valence-electron chi connectivity index (χ0n) is 18.9. The number of carbonyl (C=O) groups excluding carboxylic acids is 2. The van der Waals surface area contributed by atoms with Crippen molar-refractivity contribution in [1.29, 1.82) is 0 Å². The number of hydrazine groups is 1. The van der Waals surface area contributed by atoms with Gasteiger partial charge in [-0.05, 0) is 61.2 Å². The summed E-state index contributed by atoms with van der Waals surface area (Å²) in [6, 6.07) is 12.6. The van der Waals surface area contributed by atoms with Crippen molar-refractivity contribution in [2.24, 2.45) is 0 Å². The molecule has 7 nitrogen and oxygen atoms in total. The molecular weight excluding hydrogens is 475 g/mol. The van der Waals surface area contributed by atoms with Crippen LogP contribution >= 0.6 is 23.2 Å². The van der Waals surface area contributed by atoms with Gasteiger partial charge in [-0.1, -0.05) is 29.8 Å². The van der Waals surface area contributed by atoms with Gasteiger partial charge in [0.2, 0.25) is 5.91 Å². The van der Waals surface area contributed by atoms with Gasteiger partial charge in [0.25, 0.3) is 5.91 Å². The van der Waals surface area contributed by atoms with Crippen LogP contribution in [0.1, 0.15) is 35.6 Å². The smallest absolute Gasteiger partial charge is 0.262 e. The SMILES string of the molecule is COc1cc(C=CC(=O)NNC(=O)C(CCCCl)c2ccc(Cl)cc2)ccc1-n1cnc(C)c1. The first-order valence-electron chi connectivity index (χ1n) is 10.7. The van der Waals surface area contributed by atoms with E-state index in [1.165, 1.54) is 6.08 Å². The summed E-state index contributed by atoms with van der Waals surface area (Å²) in [4.78, 5) is 29.2. The largest absolute Gasteiger partial charge is 0.495 e. The molecule has 1 aromatic heterocycles. The minimum atomic E-state index is -0.464. The Hall–Kier alpha value is -3.29. The molecule has 0 aliphatic heterocycles. The van der Waals surface area contributed by atoms with E-state index in [9.17, 15) is 9.59 Å². The van der Waals surface area contributed by atoms with Crippen molar-refractivity contribution in [1.82, 2.24) is 20.4 Å². The van der Waals surface area contributed by atoms with Crippen molar-refractivity contribution < 1.29 is 14.3 Å². The lowest BCUT2D eigenvalue weighted by Gasteiger charge is -2.17. The summed E-state index contributed by atoms with van der Waals surface area (Å²) in [6.45, 7) is 1.91. The standard InChI is InChI=1S/C25H26Cl2N4O3/c1-17-15-31(16-28-17)22-11-5-18(14-23(22)34-2)6-12-24(32)29-30-25(33)21(4-3-13-26)19-7-9-20(27)10-8-19/h5-12,14-16,21H,3-4,13H2,1-2H3,(H,29,32)(H,30,33). The van der Waals surface area contributed by atoms with Crippen molar-refractivity contribution >= 4 is 41.1 Å². The molecule has 0 bridgehead atoms. The third-order valence-corrected chi connectivity index (χ3v) is 5.66. The van der Waals surface area contributed by atoms with Crippen LogP contribution in [0.5, 0.6) is 5.75 Å². The third kappa shape index (κ3) is 6.85. The van der Waals surface area contributed by atoms with Gasteiger partial charge in [0.1, 0.15) is 5.75 Å². The number of halogens is 2. The van der Waals surface area contributed by atoms with Crippen LogP contribution in [0.25, 0.3) is 11.8 Å². The first-order chi connectivity index (χ1) is 16.4. The van der Waals surface area contributed by atoms with Gasteiger partial charge in [-0.15, -0.1) is 11.6 Å². The molecule has 0 radical (unpaired) electrons. The molecule has 0 spiro atoms. The molecule has 2 N–H and O–H groups in total. The lowest BCUT2D eigenvalue weighted by Crippen LogP contribution is -2.43. The molecule has 0 aliphatic carbocycles. The van der Waals surface area contributed by atoms with E-state index < -0.39 is 11.8 Å². The van der Waals surface area contributed by atoms with Crippen LogP contribution < -0.4 is 15.6 Å². The van der Waals surface area contributed by atoms with Crippen LogP contribution in [-0.4, -0.2) is 34.4 Å². The predicted octanol–water partition coefficient (Wildman–Crippen LogP) is 4.81. The van der Waals surface area contributed by atoms with Gasteiger partial charge in [0, 0.05) is 23.2 Å². The first kappa shape index (κ1) is 25.3. The van der Waals surface area contributed by atoms with Crippen LogP contribution in [0.4, 0.5) is 0 Å².